The number of aryl methyl sites for hydroxylation is 1. The minimum atomic E-state index is -1.04. The minimum absolute atomic E-state index is 0.0114. The van der Waals surface area contributed by atoms with Crippen molar-refractivity contribution in [3.8, 4) is 6.07 Å². The molecule has 2 aromatic carbocycles. The normalized spacial score (nSPS) is 13.9. The van der Waals surface area contributed by atoms with Crippen molar-refractivity contribution in [1.82, 2.24) is 19.7 Å². The molecule has 5 rings (SSSR count). The van der Waals surface area contributed by atoms with Crippen LogP contribution in [0.3, 0.4) is 0 Å². The van der Waals surface area contributed by atoms with Gasteiger partial charge >= 0.3 is 0 Å². The van der Waals surface area contributed by atoms with Crippen LogP contribution >= 0.6 is 11.6 Å². The van der Waals surface area contributed by atoms with Gasteiger partial charge in [0, 0.05) is 47.7 Å². The molecular formula is C31H29ClFN5O4. The first-order valence-corrected chi connectivity index (χ1v) is 13.4. The third-order valence-electron chi connectivity index (χ3n) is 6.60. The number of halogens is 2. The molecule has 1 aliphatic rings. The van der Waals surface area contributed by atoms with E-state index in [1.165, 1.54) is 29.3 Å². The number of hydrogen-bond donors (Lipinski definition) is 1. The highest BCUT2D eigenvalue weighted by Gasteiger charge is 2.42. The Hall–Kier alpha value is -4.27. The maximum absolute atomic E-state index is 15.5. The van der Waals surface area contributed by atoms with Crippen LogP contribution in [-0.4, -0.2) is 56.1 Å². The first-order chi connectivity index (χ1) is 20.1. The molecule has 0 amide bonds. The Morgan fingerprint density at radius 2 is 1.98 bits per heavy atom. The molecule has 42 heavy (non-hydrogen) atoms. The van der Waals surface area contributed by atoms with Gasteiger partial charge in [0.05, 0.1) is 35.2 Å². The van der Waals surface area contributed by atoms with Crippen molar-refractivity contribution in [2.75, 3.05) is 13.7 Å². The maximum atomic E-state index is 15.5. The number of benzene rings is 2. The number of ether oxygens (including phenoxy) is 1. The summed E-state index contributed by atoms with van der Waals surface area (Å²) in [7, 11) is 3.33. The third kappa shape index (κ3) is 7.93. The number of hydrogen-bond acceptors (Lipinski definition) is 8. The Kier molecular flexibility index (Phi) is 9.93. The number of carbonyl (C=O) groups excluding carboxylic acids is 2. The lowest BCUT2D eigenvalue weighted by Crippen LogP contribution is -2.31. The van der Waals surface area contributed by atoms with Gasteiger partial charge in [-0.1, -0.05) is 29.8 Å². The highest BCUT2D eigenvalue weighted by atomic mass is 35.5. The van der Waals surface area contributed by atoms with E-state index in [-0.39, 0.29) is 35.4 Å². The molecule has 216 valence electrons. The van der Waals surface area contributed by atoms with Gasteiger partial charge in [0.2, 0.25) is 0 Å². The zero-order valence-electron chi connectivity index (χ0n) is 23.1. The number of nitrogens with zero attached hydrogens (tertiary/aromatic N) is 5. The Morgan fingerprint density at radius 1 is 1.24 bits per heavy atom. The third-order valence-corrected chi connectivity index (χ3v) is 6.85. The van der Waals surface area contributed by atoms with Gasteiger partial charge in [-0.2, -0.15) is 10.4 Å². The number of rotatable bonds is 10. The van der Waals surface area contributed by atoms with E-state index in [1.807, 2.05) is 36.4 Å². The lowest BCUT2D eigenvalue weighted by molar-refractivity contribution is -0.0928. The van der Waals surface area contributed by atoms with Gasteiger partial charge in [0.25, 0.3) is 0 Å². The van der Waals surface area contributed by atoms with Gasteiger partial charge < -0.3 is 9.84 Å². The highest BCUT2D eigenvalue weighted by Crippen LogP contribution is 2.38. The van der Waals surface area contributed by atoms with Crippen LogP contribution in [0.1, 0.15) is 62.2 Å². The summed E-state index contributed by atoms with van der Waals surface area (Å²) in [5.41, 5.74) is 0.235. The number of aldehydes is 1. The van der Waals surface area contributed by atoms with Crippen LogP contribution < -0.4 is 0 Å². The number of ketones is 1. The maximum Gasteiger partial charge on any atom is 0.196 e. The molecule has 1 aliphatic carbocycles. The predicted octanol–water partition coefficient (Wildman–Crippen LogP) is 4.88. The second-order valence-electron chi connectivity index (χ2n) is 10.1. The van der Waals surface area contributed by atoms with Gasteiger partial charge in [0.1, 0.15) is 18.1 Å². The second-order valence-corrected chi connectivity index (χ2v) is 10.5. The zero-order valence-corrected chi connectivity index (χ0v) is 23.8. The molecule has 9 nitrogen and oxygen atoms in total. The van der Waals surface area contributed by atoms with E-state index in [1.54, 1.807) is 31.1 Å². The van der Waals surface area contributed by atoms with Crippen molar-refractivity contribution in [2.24, 2.45) is 7.05 Å². The van der Waals surface area contributed by atoms with Crippen molar-refractivity contribution in [2.45, 2.75) is 31.2 Å². The number of carbonyl (C=O) groups is 2. The fourth-order valence-electron chi connectivity index (χ4n) is 4.12. The van der Waals surface area contributed by atoms with Crippen LogP contribution in [-0.2, 0) is 18.3 Å². The van der Waals surface area contributed by atoms with Crippen molar-refractivity contribution >= 4 is 23.7 Å². The molecule has 1 fully saturated rings. The predicted molar refractivity (Wildman–Crippen MR) is 153 cm³/mol. The molecule has 0 spiro atoms. The summed E-state index contributed by atoms with van der Waals surface area (Å²) in [6.45, 7) is 0.166. The largest absolute Gasteiger partial charge is 0.387 e. The smallest absolute Gasteiger partial charge is 0.196 e. The minimum Gasteiger partial charge on any atom is -0.387 e. The van der Waals surface area contributed by atoms with Crippen molar-refractivity contribution in [1.29, 1.82) is 5.26 Å². The fourth-order valence-corrected chi connectivity index (χ4v) is 4.27. The van der Waals surface area contributed by atoms with Crippen LogP contribution in [0, 0.1) is 17.1 Å². The molecule has 0 radical (unpaired) electrons. The molecule has 11 heteroatoms. The molecule has 4 aromatic rings. The number of aliphatic hydroxyl groups is 1. The first kappa shape index (κ1) is 30.7. The number of pyridine rings is 1. The molecular weight excluding hydrogens is 561 g/mol. The molecule has 0 unspecified atom stereocenters. The quantitative estimate of drug-likeness (QED) is 0.158. The van der Waals surface area contributed by atoms with E-state index in [4.69, 9.17) is 21.6 Å². The summed E-state index contributed by atoms with van der Waals surface area (Å²) < 4.78 is 22.9. The SMILES string of the molecule is CN(Cc1ccc(C#N)cn1)[C@H](OCC1(O)CC1)c1c(F)cc(C(=O)c2cnn(C)c2)cc1C=O.Clc1ccccc1. The number of aromatic nitrogens is 3. The zero-order chi connectivity index (χ0) is 30.3. The van der Waals surface area contributed by atoms with Crippen LogP contribution in [0.5, 0.6) is 0 Å². The standard InChI is InChI=1S/C25H24FN5O4.C6H5Cl/c1-30(13-20-4-3-16(9-27)10-28-20)24(35-15-25(34)5-6-25)22-18(14-32)7-17(8-21(22)26)23(33)19-11-29-31(2)12-19;7-6-4-2-1-3-5-6/h3-4,7-8,10-12,14,24,34H,5-6,13,15H2,1-2H3;1-5H/t24-;/m1./s1. The molecule has 2 heterocycles. The van der Waals surface area contributed by atoms with Crippen LogP contribution in [0.2, 0.25) is 5.02 Å². The van der Waals surface area contributed by atoms with Gasteiger partial charge in [-0.25, -0.2) is 4.39 Å². The molecule has 1 N–H and O–H groups in total. The van der Waals surface area contributed by atoms with E-state index in [2.05, 4.69) is 10.1 Å². The fraction of sp³-hybridized carbons (Fsp3) is 0.258. The highest BCUT2D eigenvalue weighted by molar-refractivity contribution is 6.30. The summed E-state index contributed by atoms with van der Waals surface area (Å²) >= 11 is 5.54. The average molecular weight is 590 g/mol. The van der Waals surface area contributed by atoms with E-state index < -0.39 is 23.4 Å². The van der Waals surface area contributed by atoms with E-state index in [0.29, 0.717) is 30.4 Å². The number of nitriles is 1. The summed E-state index contributed by atoms with van der Waals surface area (Å²) in [5.74, 6) is -1.25. The molecule has 2 aromatic heterocycles. The van der Waals surface area contributed by atoms with Gasteiger partial charge in [0.15, 0.2) is 12.1 Å². The molecule has 0 saturated heterocycles. The van der Waals surface area contributed by atoms with Gasteiger partial charge in [-0.15, -0.1) is 0 Å². The Balaban J connectivity index is 0.000000507. The average Bonchev–Trinajstić information content (AvgIpc) is 3.57. The summed E-state index contributed by atoms with van der Waals surface area (Å²) in [4.78, 5) is 30.7. The van der Waals surface area contributed by atoms with Crippen molar-refractivity contribution < 1.29 is 23.8 Å². The molecule has 1 saturated carbocycles. The topological polar surface area (TPSA) is 121 Å². The lowest BCUT2D eigenvalue weighted by Gasteiger charge is -2.30. The van der Waals surface area contributed by atoms with Gasteiger partial charge in [-0.3, -0.25) is 24.2 Å². The second kappa shape index (κ2) is 13.6. The molecule has 0 bridgehead atoms. The Bertz CT molecular complexity index is 1580. The lowest BCUT2D eigenvalue weighted by atomic mass is 9.98. The van der Waals surface area contributed by atoms with E-state index >= 15 is 4.39 Å². The molecule has 1 atom stereocenters. The van der Waals surface area contributed by atoms with Crippen LogP contribution in [0.4, 0.5) is 4.39 Å². The van der Waals surface area contributed by atoms with Crippen molar-refractivity contribution in [3.63, 3.8) is 0 Å². The van der Waals surface area contributed by atoms with Gasteiger partial charge in [-0.05, 0) is 56.3 Å². The van der Waals surface area contributed by atoms with Crippen LogP contribution in [0.25, 0.3) is 0 Å². The van der Waals surface area contributed by atoms with E-state index in [9.17, 15) is 14.7 Å². The monoisotopic (exact) mass is 589 g/mol. The van der Waals surface area contributed by atoms with Crippen molar-refractivity contribution in [3.05, 3.63) is 118 Å². The first-order valence-electron chi connectivity index (χ1n) is 13.0. The van der Waals surface area contributed by atoms with E-state index in [0.717, 1.165) is 11.1 Å². The summed E-state index contributed by atoms with van der Waals surface area (Å²) in [6.07, 6.45) is 4.89. The molecule has 0 aliphatic heterocycles. The summed E-state index contributed by atoms with van der Waals surface area (Å²) in [6, 6.07) is 17.1. The van der Waals surface area contributed by atoms with Crippen LogP contribution in [0.15, 0.2) is 73.2 Å². The Morgan fingerprint density at radius 3 is 2.50 bits per heavy atom. The Labute approximate surface area is 247 Å². The summed E-state index contributed by atoms with van der Waals surface area (Å²) in [5, 5.41) is 24.0.